The van der Waals surface area contributed by atoms with Crippen LogP contribution in [0.25, 0.3) is 16.9 Å². The lowest BCUT2D eigenvalue weighted by Gasteiger charge is -2.06. The molecule has 0 aliphatic carbocycles. The average Bonchev–Trinajstić information content (AvgIpc) is 2.95. The molecule has 0 atom stereocenters. The van der Waals surface area contributed by atoms with Crippen LogP contribution in [0.4, 0.5) is 8.78 Å². The monoisotopic (exact) mass is 315 g/mol. The molecule has 0 amide bonds. The molecule has 23 heavy (non-hydrogen) atoms. The zero-order valence-corrected chi connectivity index (χ0v) is 12.0. The van der Waals surface area contributed by atoms with Crippen molar-refractivity contribution in [1.82, 2.24) is 15.0 Å². The maximum atomic E-state index is 13.9. The zero-order valence-electron chi connectivity index (χ0n) is 12.0. The van der Waals surface area contributed by atoms with Gasteiger partial charge in [-0.05, 0) is 36.8 Å². The summed E-state index contributed by atoms with van der Waals surface area (Å²) >= 11 is 0. The Kier molecular flexibility index (Phi) is 3.61. The fraction of sp³-hybridized carbons (Fsp3) is 0.0625. The van der Waals surface area contributed by atoms with Gasteiger partial charge >= 0.3 is 5.97 Å². The first kappa shape index (κ1) is 14.8. The number of carboxylic acid groups (broad SMARTS) is 1. The number of carbonyl (C=O) groups is 1. The first-order valence-corrected chi connectivity index (χ1v) is 6.69. The van der Waals surface area contributed by atoms with Crippen LogP contribution in [-0.4, -0.2) is 26.1 Å². The Balaban J connectivity index is 2.22. The van der Waals surface area contributed by atoms with Gasteiger partial charge in [-0.1, -0.05) is 23.4 Å². The summed E-state index contributed by atoms with van der Waals surface area (Å²) < 4.78 is 28.6. The molecule has 0 bridgehead atoms. The van der Waals surface area contributed by atoms with Gasteiger partial charge in [0.1, 0.15) is 17.3 Å². The lowest BCUT2D eigenvalue weighted by Crippen LogP contribution is -2.09. The summed E-state index contributed by atoms with van der Waals surface area (Å²) in [6.07, 6.45) is 0. The summed E-state index contributed by atoms with van der Waals surface area (Å²) in [5.41, 5.74) is 0.180. The van der Waals surface area contributed by atoms with E-state index in [0.717, 1.165) is 10.7 Å². The zero-order chi connectivity index (χ0) is 16.6. The van der Waals surface area contributed by atoms with Crippen molar-refractivity contribution in [2.24, 2.45) is 0 Å². The van der Waals surface area contributed by atoms with Crippen molar-refractivity contribution in [3.05, 3.63) is 65.4 Å². The molecule has 0 aliphatic heterocycles. The summed E-state index contributed by atoms with van der Waals surface area (Å²) in [4.78, 5) is 11.6. The van der Waals surface area contributed by atoms with E-state index in [1.807, 2.05) is 0 Å². The highest BCUT2D eigenvalue weighted by Crippen LogP contribution is 2.26. The molecule has 0 fully saturated rings. The number of nitrogens with zero attached hydrogens (tertiary/aromatic N) is 3. The molecule has 5 nitrogen and oxygen atoms in total. The Bertz CT molecular complexity index is 906. The van der Waals surface area contributed by atoms with Gasteiger partial charge in [0, 0.05) is 5.56 Å². The molecular formula is C16H11F2N3O2. The van der Waals surface area contributed by atoms with E-state index in [0.29, 0.717) is 5.56 Å². The number of carboxylic acids is 1. The predicted molar refractivity (Wildman–Crippen MR) is 78.4 cm³/mol. The standard InChI is InChI=1S/C16H11F2N3O2/c1-9-6-7-10(8-13(9)18)21-15(16(22)23)14(19-20-21)11-4-2-3-5-12(11)17/h2-8H,1H3,(H,22,23). The third-order valence-corrected chi connectivity index (χ3v) is 3.40. The van der Waals surface area contributed by atoms with Crippen molar-refractivity contribution in [3.8, 4) is 16.9 Å². The van der Waals surface area contributed by atoms with E-state index in [-0.39, 0.29) is 22.6 Å². The van der Waals surface area contributed by atoms with Crippen LogP contribution in [0.15, 0.2) is 42.5 Å². The number of hydrogen-bond acceptors (Lipinski definition) is 3. The molecule has 7 heteroatoms. The van der Waals surface area contributed by atoms with Crippen molar-refractivity contribution in [3.63, 3.8) is 0 Å². The maximum absolute atomic E-state index is 13.9. The highest BCUT2D eigenvalue weighted by Gasteiger charge is 2.24. The van der Waals surface area contributed by atoms with Crippen LogP contribution in [0.2, 0.25) is 0 Å². The highest BCUT2D eigenvalue weighted by molar-refractivity contribution is 5.93. The molecule has 0 spiro atoms. The van der Waals surface area contributed by atoms with Crippen LogP contribution < -0.4 is 0 Å². The lowest BCUT2D eigenvalue weighted by molar-refractivity contribution is 0.0688. The average molecular weight is 315 g/mol. The molecule has 1 aromatic heterocycles. The first-order valence-electron chi connectivity index (χ1n) is 6.69. The van der Waals surface area contributed by atoms with E-state index in [2.05, 4.69) is 10.3 Å². The summed E-state index contributed by atoms with van der Waals surface area (Å²) in [5, 5.41) is 17.0. The summed E-state index contributed by atoms with van der Waals surface area (Å²) in [6.45, 7) is 1.59. The molecular weight excluding hydrogens is 304 g/mol. The van der Waals surface area contributed by atoms with Crippen molar-refractivity contribution in [2.45, 2.75) is 6.92 Å². The van der Waals surface area contributed by atoms with Crippen LogP contribution in [0, 0.1) is 18.6 Å². The second-order valence-corrected chi connectivity index (χ2v) is 4.92. The van der Waals surface area contributed by atoms with Gasteiger partial charge in [0.05, 0.1) is 5.69 Å². The van der Waals surface area contributed by atoms with E-state index in [1.54, 1.807) is 13.0 Å². The van der Waals surface area contributed by atoms with E-state index in [4.69, 9.17) is 0 Å². The van der Waals surface area contributed by atoms with E-state index in [1.165, 1.54) is 30.3 Å². The Morgan fingerprint density at radius 1 is 1.13 bits per heavy atom. The Labute approximate surface area is 129 Å². The lowest BCUT2D eigenvalue weighted by atomic mass is 10.1. The molecule has 3 aromatic rings. The molecule has 0 unspecified atom stereocenters. The molecule has 2 aromatic carbocycles. The molecule has 0 aliphatic rings. The van der Waals surface area contributed by atoms with Crippen LogP contribution in [0.3, 0.4) is 0 Å². The van der Waals surface area contributed by atoms with Crippen molar-refractivity contribution in [2.75, 3.05) is 0 Å². The quantitative estimate of drug-likeness (QED) is 0.806. The highest BCUT2D eigenvalue weighted by atomic mass is 19.1. The third-order valence-electron chi connectivity index (χ3n) is 3.40. The topological polar surface area (TPSA) is 68.0 Å². The number of hydrogen-bond donors (Lipinski definition) is 1. The van der Waals surface area contributed by atoms with Gasteiger partial charge in [0.15, 0.2) is 5.69 Å². The second-order valence-electron chi connectivity index (χ2n) is 4.92. The molecule has 1 heterocycles. The van der Waals surface area contributed by atoms with Crippen LogP contribution in [-0.2, 0) is 0 Å². The number of halogens is 2. The van der Waals surface area contributed by atoms with Crippen LogP contribution >= 0.6 is 0 Å². The molecule has 1 N–H and O–H groups in total. The minimum Gasteiger partial charge on any atom is -0.476 e. The van der Waals surface area contributed by atoms with E-state index in [9.17, 15) is 18.7 Å². The van der Waals surface area contributed by atoms with E-state index >= 15 is 0 Å². The number of benzene rings is 2. The second kappa shape index (κ2) is 5.60. The van der Waals surface area contributed by atoms with Gasteiger partial charge in [0.2, 0.25) is 0 Å². The number of aromatic nitrogens is 3. The molecule has 0 saturated carbocycles. The minimum absolute atomic E-state index is 0.0173. The van der Waals surface area contributed by atoms with Crippen molar-refractivity contribution >= 4 is 5.97 Å². The van der Waals surface area contributed by atoms with Crippen LogP contribution in [0.5, 0.6) is 0 Å². The summed E-state index contributed by atoms with van der Waals surface area (Å²) in [7, 11) is 0. The largest absolute Gasteiger partial charge is 0.476 e. The van der Waals surface area contributed by atoms with Crippen LogP contribution in [0.1, 0.15) is 16.1 Å². The number of aromatic carboxylic acids is 1. The fourth-order valence-corrected chi connectivity index (χ4v) is 2.20. The number of rotatable bonds is 3. The number of aryl methyl sites for hydroxylation is 1. The Hall–Kier alpha value is -3.09. The van der Waals surface area contributed by atoms with Crippen molar-refractivity contribution < 1.29 is 18.7 Å². The predicted octanol–water partition coefficient (Wildman–Crippen LogP) is 3.22. The van der Waals surface area contributed by atoms with Gasteiger partial charge in [0.25, 0.3) is 0 Å². The smallest absolute Gasteiger partial charge is 0.357 e. The van der Waals surface area contributed by atoms with Gasteiger partial charge in [-0.25, -0.2) is 18.3 Å². The Morgan fingerprint density at radius 3 is 2.52 bits per heavy atom. The van der Waals surface area contributed by atoms with Gasteiger partial charge in [-0.15, -0.1) is 5.10 Å². The first-order chi connectivity index (χ1) is 11.0. The maximum Gasteiger partial charge on any atom is 0.357 e. The SMILES string of the molecule is Cc1ccc(-n2nnc(-c3ccccc3F)c2C(=O)O)cc1F. The van der Waals surface area contributed by atoms with Gasteiger partial charge in [-0.3, -0.25) is 0 Å². The molecule has 0 saturated heterocycles. The molecule has 0 radical (unpaired) electrons. The Morgan fingerprint density at radius 2 is 1.87 bits per heavy atom. The molecule has 116 valence electrons. The fourth-order valence-electron chi connectivity index (χ4n) is 2.20. The molecule has 3 rings (SSSR count). The third kappa shape index (κ3) is 2.57. The van der Waals surface area contributed by atoms with Crippen molar-refractivity contribution in [1.29, 1.82) is 0 Å². The van der Waals surface area contributed by atoms with Gasteiger partial charge in [-0.2, -0.15) is 0 Å². The van der Waals surface area contributed by atoms with Gasteiger partial charge < -0.3 is 5.11 Å². The normalized spacial score (nSPS) is 10.7. The minimum atomic E-state index is -1.34. The summed E-state index contributed by atoms with van der Waals surface area (Å²) in [6, 6.07) is 9.83. The van der Waals surface area contributed by atoms with E-state index < -0.39 is 17.6 Å². The summed E-state index contributed by atoms with van der Waals surface area (Å²) in [5.74, 6) is -2.45.